The summed E-state index contributed by atoms with van der Waals surface area (Å²) < 4.78 is 42.5. The second kappa shape index (κ2) is 7.04. The van der Waals surface area contributed by atoms with Crippen LogP contribution in [0.1, 0.15) is 33.6 Å². The summed E-state index contributed by atoms with van der Waals surface area (Å²) in [4.78, 5) is 15.0. The molecule has 0 aromatic rings. The van der Waals surface area contributed by atoms with Crippen molar-refractivity contribution < 1.29 is 27.8 Å². The Bertz CT molecular complexity index is 383. The zero-order valence-electron chi connectivity index (χ0n) is 13.5. The Morgan fingerprint density at radius 2 is 2.00 bits per heavy atom. The van der Waals surface area contributed by atoms with Gasteiger partial charge in [0.1, 0.15) is 5.60 Å². The lowest BCUT2D eigenvalue weighted by Crippen LogP contribution is -2.52. The summed E-state index contributed by atoms with van der Waals surface area (Å²) in [5.41, 5.74) is -0.619. The van der Waals surface area contributed by atoms with E-state index in [4.69, 9.17) is 9.84 Å². The minimum Gasteiger partial charge on any atom is -0.444 e. The number of amides is 1. The summed E-state index contributed by atoms with van der Waals surface area (Å²) in [6.07, 6.45) is -6.10. The minimum absolute atomic E-state index is 0.218. The Labute approximate surface area is 129 Å². The van der Waals surface area contributed by atoms with Crippen LogP contribution in [-0.4, -0.2) is 71.6 Å². The summed E-state index contributed by atoms with van der Waals surface area (Å²) in [6.45, 7) is 5.57. The van der Waals surface area contributed by atoms with Gasteiger partial charge in [0.2, 0.25) is 0 Å². The average molecular weight is 326 g/mol. The first-order chi connectivity index (χ1) is 9.90. The molecule has 1 aliphatic heterocycles. The lowest BCUT2D eigenvalue weighted by Gasteiger charge is -2.38. The molecule has 2 atom stereocenters. The molecule has 5 nitrogen and oxygen atoms in total. The third-order valence-corrected chi connectivity index (χ3v) is 3.52. The number of hydrogen-bond donors (Lipinski definition) is 1. The number of carbonyl (C=O) groups excluding carboxylic acids is 1. The number of carbonyl (C=O) groups is 1. The quantitative estimate of drug-likeness (QED) is 0.864. The van der Waals surface area contributed by atoms with Gasteiger partial charge in [-0.15, -0.1) is 0 Å². The van der Waals surface area contributed by atoms with Crippen LogP contribution in [-0.2, 0) is 4.74 Å². The molecule has 1 saturated heterocycles. The van der Waals surface area contributed by atoms with Crippen LogP contribution < -0.4 is 0 Å². The van der Waals surface area contributed by atoms with Crippen LogP contribution in [0.3, 0.4) is 0 Å². The largest absolute Gasteiger partial charge is 0.444 e. The number of aliphatic hydroxyl groups excluding tert-OH is 1. The van der Waals surface area contributed by atoms with Gasteiger partial charge in [-0.3, -0.25) is 4.90 Å². The van der Waals surface area contributed by atoms with E-state index in [1.165, 1.54) is 9.80 Å². The Balaban J connectivity index is 2.57. The van der Waals surface area contributed by atoms with Crippen LogP contribution in [0.25, 0.3) is 0 Å². The van der Waals surface area contributed by atoms with Crippen molar-refractivity contribution in [2.24, 2.45) is 0 Å². The van der Waals surface area contributed by atoms with Gasteiger partial charge in [0, 0.05) is 26.2 Å². The molecule has 0 bridgehead atoms. The van der Waals surface area contributed by atoms with Gasteiger partial charge in [0.05, 0.1) is 0 Å². The van der Waals surface area contributed by atoms with Gasteiger partial charge in [-0.05, 0) is 40.2 Å². The average Bonchev–Trinajstić information content (AvgIpc) is 2.35. The van der Waals surface area contributed by atoms with Crippen LogP contribution in [0.5, 0.6) is 0 Å². The molecular formula is C14H25F3N2O3. The Morgan fingerprint density at radius 3 is 2.50 bits per heavy atom. The van der Waals surface area contributed by atoms with Crippen molar-refractivity contribution in [3.63, 3.8) is 0 Å². The number of likely N-dealkylation sites (N-methyl/N-ethyl adjacent to an activating group) is 1. The molecule has 130 valence electrons. The molecule has 1 N–H and O–H groups in total. The Morgan fingerprint density at radius 1 is 1.41 bits per heavy atom. The third-order valence-electron chi connectivity index (χ3n) is 3.52. The molecule has 8 heteroatoms. The van der Waals surface area contributed by atoms with E-state index in [0.29, 0.717) is 25.9 Å². The summed E-state index contributed by atoms with van der Waals surface area (Å²) in [5, 5.41) is 9.15. The van der Waals surface area contributed by atoms with Gasteiger partial charge in [-0.25, -0.2) is 4.79 Å². The first-order valence-corrected chi connectivity index (χ1v) is 7.33. The third kappa shape index (κ3) is 6.00. The van der Waals surface area contributed by atoms with E-state index < -0.39 is 30.5 Å². The number of nitrogens with zero attached hydrogens (tertiary/aromatic N) is 2. The van der Waals surface area contributed by atoms with Crippen molar-refractivity contribution in [2.75, 3.05) is 26.7 Å². The number of piperidine rings is 1. The molecule has 0 radical (unpaired) electrons. The predicted octanol–water partition coefficient (Wildman–Crippen LogP) is 2.24. The monoisotopic (exact) mass is 326 g/mol. The highest BCUT2D eigenvalue weighted by atomic mass is 19.4. The highest BCUT2D eigenvalue weighted by molar-refractivity contribution is 5.68. The zero-order valence-corrected chi connectivity index (χ0v) is 13.5. The van der Waals surface area contributed by atoms with Crippen LogP contribution in [0, 0.1) is 0 Å². The summed E-state index contributed by atoms with van der Waals surface area (Å²) in [7, 11) is 1.59. The van der Waals surface area contributed by atoms with Crippen LogP contribution in [0.4, 0.5) is 18.0 Å². The number of hydrogen-bond acceptors (Lipinski definition) is 4. The van der Waals surface area contributed by atoms with E-state index >= 15 is 0 Å². The van der Waals surface area contributed by atoms with Gasteiger partial charge in [0.15, 0.2) is 6.10 Å². The van der Waals surface area contributed by atoms with Crippen molar-refractivity contribution >= 4 is 6.09 Å². The highest BCUT2D eigenvalue weighted by Crippen LogP contribution is 2.23. The van der Waals surface area contributed by atoms with Crippen molar-refractivity contribution in [3.05, 3.63) is 0 Å². The first kappa shape index (κ1) is 19.0. The van der Waals surface area contributed by atoms with Gasteiger partial charge in [0.25, 0.3) is 0 Å². The second-order valence-electron chi connectivity index (χ2n) is 6.70. The molecule has 0 aromatic heterocycles. The van der Waals surface area contributed by atoms with Gasteiger partial charge in [-0.1, -0.05) is 0 Å². The van der Waals surface area contributed by atoms with E-state index in [1.807, 2.05) is 0 Å². The number of likely N-dealkylation sites (tertiary alicyclic amines) is 1. The number of rotatable bonds is 3. The number of β-amino-alcohol motifs (C(OH)–C–C–N with tert-alkyl or cyclic N) is 1. The summed E-state index contributed by atoms with van der Waals surface area (Å²) in [6, 6.07) is -0.218. The fourth-order valence-electron chi connectivity index (χ4n) is 2.34. The lowest BCUT2D eigenvalue weighted by molar-refractivity contribution is -0.209. The predicted molar refractivity (Wildman–Crippen MR) is 75.5 cm³/mol. The topological polar surface area (TPSA) is 53.0 Å². The molecule has 22 heavy (non-hydrogen) atoms. The fourth-order valence-corrected chi connectivity index (χ4v) is 2.34. The van der Waals surface area contributed by atoms with Crippen LogP contribution in [0.2, 0.25) is 0 Å². The van der Waals surface area contributed by atoms with Gasteiger partial charge in [-0.2, -0.15) is 13.2 Å². The normalized spacial score (nSPS) is 22.3. The second-order valence-corrected chi connectivity index (χ2v) is 6.70. The van der Waals surface area contributed by atoms with E-state index in [0.717, 1.165) is 0 Å². The fraction of sp³-hybridized carbons (Fsp3) is 0.929. The van der Waals surface area contributed by atoms with Crippen LogP contribution >= 0.6 is 0 Å². The summed E-state index contributed by atoms with van der Waals surface area (Å²) in [5.74, 6) is 0. The Kier molecular flexibility index (Phi) is 6.09. The van der Waals surface area contributed by atoms with Crippen molar-refractivity contribution in [3.8, 4) is 0 Å². The summed E-state index contributed by atoms with van der Waals surface area (Å²) >= 11 is 0. The van der Waals surface area contributed by atoms with E-state index in [1.54, 1.807) is 27.8 Å². The molecule has 1 amide bonds. The van der Waals surface area contributed by atoms with Gasteiger partial charge >= 0.3 is 12.3 Å². The smallest absolute Gasteiger partial charge is 0.415 e. The lowest BCUT2D eigenvalue weighted by atomic mass is 10.0. The van der Waals surface area contributed by atoms with Crippen molar-refractivity contribution in [2.45, 2.75) is 57.5 Å². The highest BCUT2D eigenvalue weighted by Gasteiger charge is 2.40. The molecule has 1 heterocycles. The zero-order chi connectivity index (χ0) is 17.1. The van der Waals surface area contributed by atoms with E-state index in [2.05, 4.69) is 0 Å². The molecule has 0 saturated carbocycles. The number of ether oxygens (including phenoxy) is 1. The van der Waals surface area contributed by atoms with Crippen molar-refractivity contribution in [1.82, 2.24) is 9.80 Å². The molecule has 0 spiro atoms. The van der Waals surface area contributed by atoms with E-state index in [-0.39, 0.29) is 6.04 Å². The maximum absolute atomic E-state index is 12.4. The van der Waals surface area contributed by atoms with Crippen LogP contribution in [0.15, 0.2) is 0 Å². The molecule has 0 unspecified atom stereocenters. The number of aliphatic hydroxyl groups is 1. The minimum atomic E-state index is -4.62. The molecule has 0 aromatic carbocycles. The maximum atomic E-state index is 12.4. The van der Waals surface area contributed by atoms with E-state index in [9.17, 15) is 18.0 Å². The molecule has 1 fully saturated rings. The maximum Gasteiger partial charge on any atom is 0.415 e. The molecule has 0 aliphatic carbocycles. The molecule has 1 aliphatic rings. The SMILES string of the molecule is CN(C(=O)OC(C)(C)C)[C@@H]1CCCN(C[C@H](O)C(F)(F)F)C1. The Hall–Kier alpha value is -1.02. The molecular weight excluding hydrogens is 301 g/mol. The van der Waals surface area contributed by atoms with Crippen molar-refractivity contribution in [1.29, 1.82) is 0 Å². The number of halogens is 3. The first-order valence-electron chi connectivity index (χ1n) is 7.33. The standard InChI is InChI=1S/C14H25F3N2O3/c1-13(2,3)22-12(21)18(4)10-6-5-7-19(8-10)9-11(20)14(15,16)17/h10-11,20H,5-9H2,1-4H3/t10-,11+/m1/s1. The number of alkyl halides is 3. The molecule has 1 rings (SSSR count). The van der Waals surface area contributed by atoms with Gasteiger partial charge < -0.3 is 14.7 Å².